The number of ether oxygens (including phenoxy) is 1. The van der Waals surface area contributed by atoms with Gasteiger partial charge in [0, 0.05) is 0 Å². The maximum Gasteiger partial charge on any atom is 0.444 e. The van der Waals surface area contributed by atoms with Gasteiger partial charge in [-0.15, -0.1) is 0 Å². The minimum absolute atomic E-state index is 0.339. The molecule has 0 amide bonds. The zero-order valence-electron chi connectivity index (χ0n) is 8.55. The van der Waals surface area contributed by atoms with Crippen molar-refractivity contribution in [3.8, 4) is 5.75 Å². The second-order valence-electron chi connectivity index (χ2n) is 2.98. The number of rotatable bonds is 4. The number of carbonyl (C=O) groups is 1. The third kappa shape index (κ3) is 2.07. The molecule has 1 rings (SSSR count). The molecule has 0 unspecified atom stereocenters. The molecule has 0 bridgehead atoms. The lowest BCUT2D eigenvalue weighted by atomic mass is 10.3. The minimum Gasteiger partial charge on any atom is -0.495 e. The molecule has 94 valence electrons. The highest BCUT2D eigenvalue weighted by Crippen LogP contribution is 2.34. The van der Waals surface area contributed by atoms with E-state index >= 15 is 0 Å². The smallest absolute Gasteiger partial charge is 0.444 e. The van der Waals surface area contributed by atoms with Crippen molar-refractivity contribution in [2.45, 2.75) is 10.2 Å². The van der Waals surface area contributed by atoms with Gasteiger partial charge in [-0.25, -0.2) is 13.2 Å². The number of methoxy groups -OCH3 is 1. The predicted molar refractivity (Wildman–Crippen MR) is 52.8 cm³/mol. The Bertz CT molecular complexity index is 538. The first-order valence-corrected chi connectivity index (χ1v) is 5.72. The summed E-state index contributed by atoms with van der Waals surface area (Å²) < 4.78 is 53.7. The SMILES string of the molecule is COc1ccccc1S(=O)(=O)C(F)(F)C(=O)O. The zero-order valence-corrected chi connectivity index (χ0v) is 9.37. The molecule has 0 aliphatic carbocycles. The van der Waals surface area contributed by atoms with Crippen molar-refractivity contribution in [2.75, 3.05) is 7.11 Å². The Morgan fingerprint density at radius 3 is 2.35 bits per heavy atom. The van der Waals surface area contributed by atoms with Gasteiger partial charge in [-0.3, -0.25) is 0 Å². The lowest BCUT2D eigenvalue weighted by Gasteiger charge is -2.14. The lowest BCUT2D eigenvalue weighted by Crippen LogP contribution is -2.37. The van der Waals surface area contributed by atoms with Crippen LogP contribution in [0.5, 0.6) is 5.75 Å². The Balaban J connectivity index is 3.47. The Morgan fingerprint density at radius 1 is 1.35 bits per heavy atom. The van der Waals surface area contributed by atoms with E-state index in [-0.39, 0.29) is 5.75 Å². The highest BCUT2D eigenvalue weighted by atomic mass is 32.2. The second-order valence-corrected chi connectivity index (χ2v) is 4.94. The summed E-state index contributed by atoms with van der Waals surface area (Å²) in [6.07, 6.45) is 0. The Morgan fingerprint density at radius 2 is 1.88 bits per heavy atom. The summed E-state index contributed by atoms with van der Waals surface area (Å²) >= 11 is 0. The summed E-state index contributed by atoms with van der Waals surface area (Å²) in [7, 11) is -4.25. The molecule has 0 fully saturated rings. The monoisotopic (exact) mass is 266 g/mol. The van der Waals surface area contributed by atoms with Gasteiger partial charge in [-0.05, 0) is 12.1 Å². The van der Waals surface area contributed by atoms with Gasteiger partial charge in [0.05, 0.1) is 7.11 Å². The van der Waals surface area contributed by atoms with Gasteiger partial charge >= 0.3 is 11.2 Å². The molecule has 0 aliphatic rings. The van der Waals surface area contributed by atoms with Crippen LogP contribution in [-0.4, -0.2) is 31.9 Å². The number of hydrogen-bond acceptors (Lipinski definition) is 4. The number of carboxylic acid groups (broad SMARTS) is 1. The van der Waals surface area contributed by atoms with Crippen LogP contribution in [0.3, 0.4) is 0 Å². The molecule has 0 aliphatic heterocycles. The Labute approximate surface area is 95.6 Å². The first kappa shape index (κ1) is 13.4. The summed E-state index contributed by atoms with van der Waals surface area (Å²) in [4.78, 5) is 9.40. The largest absolute Gasteiger partial charge is 0.495 e. The molecule has 0 atom stereocenters. The van der Waals surface area contributed by atoms with Crippen molar-refractivity contribution in [3.05, 3.63) is 24.3 Å². The van der Waals surface area contributed by atoms with Crippen LogP contribution >= 0.6 is 0 Å². The van der Waals surface area contributed by atoms with E-state index in [1.165, 1.54) is 12.1 Å². The lowest BCUT2D eigenvalue weighted by molar-refractivity contribution is -0.153. The second kappa shape index (κ2) is 4.28. The molecule has 0 heterocycles. The van der Waals surface area contributed by atoms with Crippen LogP contribution in [0, 0.1) is 0 Å². The third-order valence-corrected chi connectivity index (χ3v) is 3.71. The topological polar surface area (TPSA) is 80.7 Å². The van der Waals surface area contributed by atoms with Gasteiger partial charge < -0.3 is 9.84 Å². The van der Waals surface area contributed by atoms with Crippen LogP contribution in [0.1, 0.15) is 0 Å². The fourth-order valence-corrected chi connectivity index (χ4v) is 2.27. The fraction of sp³-hybridized carbons (Fsp3) is 0.222. The summed E-state index contributed by atoms with van der Waals surface area (Å²) in [6, 6.07) is 4.56. The number of aliphatic carboxylic acids is 1. The van der Waals surface area contributed by atoms with Gasteiger partial charge in [-0.1, -0.05) is 12.1 Å². The van der Waals surface area contributed by atoms with Crippen LogP contribution in [0.25, 0.3) is 0 Å². The number of carboxylic acids is 1. The van der Waals surface area contributed by atoms with Crippen molar-refractivity contribution in [3.63, 3.8) is 0 Å². The van der Waals surface area contributed by atoms with Gasteiger partial charge in [0.25, 0.3) is 9.84 Å². The van der Waals surface area contributed by atoms with Crippen LogP contribution in [0.15, 0.2) is 29.2 Å². The van der Waals surface area contributed by atoms with E-state index in [4.69, 9.17) is 5.11 Å². The fourth-order valence-electron chi connectivity index (χ4n) is 1.09. The Kier molecular flexibility index (Phi) is 3.37. The summed E-state index contributed by atoms with van der Waals surface area (Å²) in [5, 5.41) is 3.33. The molecule has 1 N–H and O–H groups in total. The number of para-hydroxylation sites is 1. The van der Waals surface area contributed by atoms with Crippen molar-refractivity contribution in [1.82, 2.24) is 0 Å². The summed E-state index contributed by atoms with van der Waals surface area (Å²) in [6.45, 7) is 0. The number of halogens is 2. The van der Waals surface area contributed by atoms with E-state index in [2.05, 4.69) is 4.74 Å². The van der Waals surface area contributed by atoms with Crippen LogP contribution < -0.4 is 4.74 Å². The summed E-state index contributed by atoms with van der Waals surface area (Å²) in [5.74, 6) is -3.07. The first-order chi connectivity index (χ1) is 7.75. The maximum atomic E-state index is 13.1. The van der Waals surface area contributed by atoms with E-state index in [9.17, 15) is 22.0 Å². The average molecular weight is 266 g/mol. The third-order valence-electron chi connectivity index (χ3n) is 1.95. The molecule has 0 aromatic heterocycles. The van der Waals surface area contributed by atoms with Gasteiger partial charge in [0.1, 0.15) is 10.6 Å². The van der Waals surface area contributed by atoms with Crippen LogP contribution in [0.4, 0.5) is 8.78 Å². The Hall–Kier alpha value is -1.70. The van der Waals surface area contributed by atoms with E-state index in [1.54, 1.807) is 0 Å². The van der Waals surface area contributed by atoms with Crippen molar-refractivity contribution < 1.29 is 31.8 Å². The molecule has 17 heavy (non-hydrogen) atoms. The van der Waals surface area contributed by atoms with Crippen molar-refractivity contribution in [1.29, 1.82) is 0 Å². The van der Waals surface area contributed by atoms with E-state index in [0.717, 1.165) is 19.2 Å². The van der Waals surface area contributed by atoms with Crippen LogP contribution in [0.2, 0.25) is 0 Å². The number of alkyl halides is 2. The highest BCUT2D eigenvalue weighted by molar-refractivity contribution is 7.93. The van der Waals surface area contributed by atoms with Crippen molar-refractivity contribution >= 4 is 15.8 Å². The highest BCUT2D eigenvalue weighted by Gasteiger charge is 2.54. The molecular formula is C9H8F2O5S. The van der Waals surface area contributed by atoms with Crippen molar-refractivity contribution in [2.24, 2.45) is 0 Å². The molecule has 0 saturated carbocycles. The zero-order chi connectivity index (χ0) is 13.3. The molecule has 1 aromatic carbocycles. The van der Waals surface area contributed by atoms with Gasteiger partial charge in [-0.2, -0.15) is 8.78 Å². The first-order valence-electron chi connectivity index (χ1n) is 4.24. The number of hydrogen-bond donors (Lipinski definition) is 1. The van der Waals surface area contributed by atoms with Crippen LogP contribution in [-0.2, 0) is 14.6 Å². The van der Waals surface area contributed by atoms with Gasteiger partial charge in [0.2, 0.25) is 0 Å². The predicted octanol–water partition coefficient (Wildman–Crippen LogP) is 1.15. The van der Waals surface area contributed by atoms with E-state index < -0.39 is 26.0 Å². The normalized spacial score (nSPS) is 12.2. The molecule has 8 heteroatoms. The number of benzene rings is 1. The summed E-state index contributed by atoms with van der Waals surface area (Å²) in [5.41, 5.74) is 0. The van der Waals surface area contributed by atoms with Gasteiger partial charge in [0.15, 0.2) is 0 Å². The number of sulfone groups is 1. The maximum absolute atomic E-state index is 13.1. The molecule has 1 aromatic rings. The average Bonchev–Trinajstić information content (AvgIpc) is 2.28. The quantitative estimate of drug-likeness (QED) is 0.884. The molecular weight excluding hydrogens is 258 g/mol. The minimum atomic E-state index is -5.34. The standard InChI is InChI=1S/C9H8F2O5S/c1-16-6-4-2-3-5-7(6)17(14,15)9(10,11)8(12)13/h2-5H,1H3,(H,12,13). The van der Waals surface area contributed by atoms with E-state index in [0.29, 0.717) is 0 Å². The molecule has 5 nitrogen and oxygen atoms in total. The van der Waals surface area contributed by atoms with E-state index in [1.807, 2.05) is 0 Å². The molecule has 0 radical (unpaired) electrons. The molecule has 0 spiro atoms. The molecule has 0 saturated heterocycles.